The van der Waals surface area contributed by atoms with E-state index in [9.17, 15) is 13.2 Å². The molecule has 0 fully saturated rings. The lowest BCUT2D eigenvalue weighted by Crippen LogP contribution is -2.41. The fraction of sp³-hybridized carbons (Fsp3) is 0.208. The molecule has 0 saturated heterocycles. The van der Waals surface area contributed by atoms with E-state index in [1.807, 2.05) is 61.5 Å². The SMILES string of the molecule is COc1ccc(N(CC(=O)NC(c2ccccc2)c2cccc(C)c2)S(C)(=O)=O)cc1Cl. The molecule has 1 unspecified atom stereocenters. The van der Waals surface area contributed by atoms with Crippen LogP contribution in [0.1, 0.15) is 22.7 Å². The predicted molar refractivity (Wildman–Crippen MR) is 128 cm³/mol. The van der Waals surface area contributed by atoms with E-state index in [0.717, 1.165) is 27.3 Å². The number of sulfonamides is 1. The van der Waals surface area contributed by atoms with Crippen LogP contribution in [0, 0.1) is 6.92 Å². The van der Waals surface area contributed by atoms with E-state index in [1.165, 1.54) is 13.2 Å². The molecule has 3 aromatic rings. The van der Waals surface area contributed by atoms with Crippen LogP contribution in [0.5, 0.6) is 5.75 Å². The number of halogens is 1. The molecule has 0 radical (unpaired) electrons. The Labute approximate surface area is 193 Å². The third-order valence-electron chi connectivity index (χ3n) is 4.92. The molecule has 0 saturated carbocycles. The van der Waals surface area contributed by atoms with E-state index in [2.05, 4.69) is 5.32 Å². The molecule has 6 nitrogen and oxygen atoms in total. The van der Waals surface area contributed by atoms with Gasteiger partial charge in [0, 0.05) is 0 Å². The smallest absolute Gasteiger partial charge is 0.241 e. The standard InChI is InChI=1S/C24H25ClN2O4S/c1-17-8-7-11-19(14-17)24(18-9-5-4-6-10-18)26-23(28)16-27(32(3,29)30)20-12-13-22(31-2)21(25)15-20/h4-15,24H,16H2,1-3H3,(H,26,28). The van der Waals surface area contributed by atoms with Crippen molar-refractivity contribution in [3.05, 3.63) is 94.5 Å². The third-order valence-corrected chi connectivity index (χ3v) is 6.36. The van der Waals surface area contributed by atoms with E-state index in [-0.39, 0.29) is 10.7 Å². The highest BCUT2D eigenvalue weighted by Gasteiger charge is 2.24. The first kappa shape index (κ1) is 23.6. The molecule has 168 valence electrons. The van der Waals surface area contributed by atoms with Gasteiger partial charge in [-0.05, 0) is 36.2 Å². The second kappa shape index (κ2) is 10.1. The Morgan fingerprint density at radius 3 is 2.31 bits per heavy atom. The number of carbonyl (C=O) groups excluding carboxylic acids is 1. The summed E-state index contributed by atoms with van der Waals surface area (Å²) in [6.07, 6.45) is 1.05. The molecule has 0 bridgehead atoms. The average Bonchev–Trinajstić information content (AvgIpc) is 2.75. The minimum absolute atomic E-state index is 0.251. The summed E-state index contributed by atoms with van der Waals surface area (Å²) >= 11 is 6.17. The van der Waals surface area contributed by atoms with Crippen molar-refractivity contribution in [3.8, 4) is 5.75 Å². The van der Waals surface area contributed by atoms with Gasteiger partial charge >= 0.3 is 0 Å². The molecule has 32 heavy (non-hydrogen) atoms. The van der Waals surface area contributed by atoms with E-state index < -0.39 is 28.5 Å². The zero-order chi connectivity index (χ0) is 23.3. The minimum atomic E-state index is -3.75. The molecule has 1 amide bonds. The molecule has 3 aromatic carbocycles. The van der Waals surface area contributed by atoms with E-state index in [1.54, 1.807) is 12.1 Å². The highest BCUT2D eigenvalue weighted by atomic mass is 35.5. The summed E-state index contributed by atoms with van der Waals surface area (Å²) in [5, 5.41) is 3.23. The molecule has 8 heteroatoms. The molecule has 1 atom stereocenters. The molecule has 1 N–H and O–H groups in total. The van der Waals surface area contributed by atoms with Crippen LogP contribution in [0.4, 0.5) is 5.69 Å². The highest BCUT2D eigenvalue weighted by molar-refractivity contribution is 7.92. The second-order valence-electron chi connectivity index (χ2n) is 7.41. The van der Waals surface area contributed by atoms with Crippen molar-refractivity contribution in [2.45, 2.75) is 13.0 Å². The van der Waals surface area contributed by atoms with Crippen molar-refractivity contribution in [3.63, 3.8) is 0 Å². The Balaban J connectivity index is 1.90. The average molecular weight is 473 g/mol. The van der Waals surface area contributed by atoms with Crippen molar-refractivity contribution in [1.29, 1.82) is 0 Å². The van der Waals surface area contributed by atoms with Gasteiger partial charge in [0.1, 0.15) is 12.3 Å². The van der Waals surface area contributed by atoms with Gasteiger partial charge in [0.2, 0.25) is 15.9 Å². The van der Waals surface area contributed by atoms with Crippen LogP contribution in [-0.2, 0) is 14.8 Å². The number of methoxy groups -OCH3 is 1. The summed E-state index contributed by atoms with van der Waals surface area (Å²) in [4.78, 5) is 13.0. The molecule has 0 aliphatic carbocycles. The van der Waals surface area contributed by atoms with Crippen molar-refractivity contribution < 1.29 is 17.9 Å². The number of amides is 1. The van der Waals surface area contributed by atoms with Crippen molar-refractivity contribution in [2.24, 2.45) is 0 Å². The van der Waals surface area contributed by atoms with Crippen molar-refractivity contribution in [2.75, 3.05) is 24.2 Å². The van der Waals surface area contributed by atoms with Crippen LogP contribution in [0.3, 0.4) is 0 Å². The largest absolute Gasteiger partial charge is 0.495 e. The van der Waals surface area contributed by atoms with Crippen molar-refractivity contribution in [1.82, 2.24) is 5.32 Å². The van der Waals surface area contributed by atoms with Crippen molar-refractivity contribution >= 4 is 33.2 Å². The van der Waals surface area contributed by atoms with Crippen LogP contribution >= 0.6 is 11.6 Å². The maximum atomic E-state index is 13.0. The molecular formula is C24H25ClN2O4S. The van der Waals surface area contributed by atoms with Gasteiger partial charge in [-0.3, -0.25) is 9.10 Å². The van der Waals surface area contributed by atoms with Gasteiger partial charge in [-0.15, -0.1) is 0 Å². The van der Waals surface area contributed by atoms with Crippen LogP contribution < -0.4 is 14.4 Å². The lowest BCUT2D eigenvalue weighted by atomic mass is 9.97. The first-order valence-corrected chi connectivity index (χ1v) is 12.1. The number of nitrogens with zero attached hydrogens (tertiary/aromatic N) is 1. The number of hydrogen-bond donors (Lipinski definition) is 1. The van der Waals surface area contributed by atoms with E-state index >= 15 is 0 Å². The number of nitrogens with one attached hydrogen (secondary N) is 1. The zero-order valence-electron chi connectivity index (χ0n) is 18.1. The molecule has 0 heterocycles. The lowest BCUT2D eigenvalue weighted by Gasteiger charge is -2.25. The highest BCUT2D eigenvalue weighted by Crippen LogP contribution is 2.30. The van der Waals surface area contributed by atoms with Crippen LogP contribution in [-0.4, -0.2) is 34.2 Å². The number of rotatable bonds is 8. The number of anilines is 1. The summed E-state index contributed by atoms with van der Waals surface area (Å²) in [6, 6.07) is 21.5. The minimum Gasteiger partial charge on any atom is -0.495 e. The summed E-state index contributed by atoms with van der Waals surface area (Å²) < 4.78 is 31.1. The van der Waals surface area contributed by atoms with Gasteiger partial charge in [-0.1, -0.05) is 71.8 Å². The van der Waals surface area contributed by atoms with Gasteiger partial charge < -0.3 is 10.1 Å². The first-order chi connectivity index (χ1) is 15.2. The maximum absolute atomic E-state index is 13.0. The number of ether oxygens (including phenoxy) is 1. The van der Waals surface area contributed by atoms with Gasteiger partial charge in [-0.25, -0.2) is 8.42 Å². The van der Waals surface area contributed by atoms with Gasteiger partial charge in [0.15, 0.2) is 0 Å². The Morgan fingerprint density at radius 2 is 1.72 bits per heavy atom. The molecule has 0 aromatic heterocycles. The molecule has 3 rings (SSSR count). The molecular weight excluding hydrogens is 448 g/mol. The van der Waals surface area contributed by atoms with E-state index in [4.69, 9.17) is 16.3 Å². The quantitative estimate of drug-likeness (QED) is 0.529. The maximum Gasteiger partial charge on any atom is 0.241 e. The second-order valence-corrected chi connectivity index (χ2v) is 9.73. The molecule has 0 spiro atoms. The van der Waals surface area contributed by atoms with Crippen LogP contribution in [0.15, 0.2) is 72.8 Å². The van der Waals surface area contributed by atoms with Crippen LogP contribution in [0.2, 0.25) is 5.02 Å². The fourth-order valence-corrected chi connectivity index (χ4v) is 4.50. The Morgan fingerprint density at radius 1 is 1.03 bits per heavy atom. The fourth-order valence-electron chi connectivity index (χ4n) is 3.40. The summed E-state index contributed by atoms with van der Waals surface area (Å²) in [6.45, 7) is 1.59. The monoisotopic (exact) mass is 472 g/mol. The number of benzene rings is 3. The van der Waals surface area contributed by atoms with Gasteiger partial charge in [0.05, 0.1) is 30.1 Å². The summed E-state index contributed by atoms with van der Waals surface area (Å²) in [7, 11) is -2.28. The number of aryl methyl sites for hydroxylation is 1. The normalized spacial score (nSPS) is 12.1. The Hall–Kier alpha value is -3.03. The van der Waals surface area contributed by atoms with Crippen LogP contribution in [0.25, 0.3) is 0 Å². The summed E-state index contributed by atoms with van der Waals surface area (Å²) in [5.41, 5.74) is 3.14. The number of hydrogen-bond acceptors (Lipinski definition) is 4. The third kappa shape index (κ3) is 5.81. The molecule has 0 aliphatic rings. The van der Waals surface area contributed by atoms with E-state index in [0.29, 0.717) is 5.75 Å². The predicted octanol–water partition coefficient (Wildman–Crippen LogP) is 4.33. The van der Waals surface area contributed by atoms with Gasteiger partial charge in [-0.2, -0.15) is 0 Å². The number of carbonyl (C=O) groups is 1. The zero-order valence-corrected chi connectivity index (χ0v) is 19.7. The lowest BCUT2D eigenvalue weighted by molar-refractivity contribution is -0.120. The molecule has 0 aliphatic heterocycles. The first-order valence-electron chi connectivity index (χ1n) is 9.91. The Bertz CT molecular complexity index is 1200. The van der Waals surface area contributed by atoms with Gasteiger partial charge in [0.25, 0.3) is 0 Å². The Kier molecular flexibility index (Phi) is 7.43. The summed E-state index contributed by atoms with van der Waals surface area (Å²) in [5.74, 6) is -0.0327. The topological polar surface area (TPSA) is 75.7 Å².